The Hall–Kier alpha value is -0.280. The summed E-state index contributed by atoms with van der Waals surface area (Å²) in [5.41, 5.74) is 1.41. The van der Waals surface area contributed by atoms with E-state index in [1.807, 2.05) is 0 Å². The maximum absolute atomic E-state index is 3.42. The minimum atomic E-state index is 0. The summed E-state index contributed by atoms with van der Waals surface area (Å²) in [4.78, 5) is 2.41. The predicted molar refractivity (Wildman–Crippen MR) is 69.2 cm³/mol. The van der Waals surface area contributed by atoms with Gasteiger partial charge in [-0.15, -0.1) is 24.8 Å². The van der Waals surface area contributed by atoms with E-state index in [4.69, 9.17) is 0 Å². The summed E-state index contributed by atoms with van der Waals surface area (Å²) >= 11 is 0. The van der Waals surface area contributed by atoms with E-state index in [1.165, 1.54) is 5.56 Å². The van der Waals surface area contributed by atoms with Crippen LogP contribution in [0.4, 0.5) is 0 Å². The van der Waals surface area contributed by atoms with Crippen molar-refractivity contribution in [1.82, 2.24) is 10.2 Å². The Morgan fingerprint density at radius 1 is 1.20 bits per heavy atom. The Balaban J connectivity index is 0.000000980. The van der Waals surface area contributed by atoms with Crippen LogP contribution in [0.1, 0.15) is 11.6 Å². The second-order valence-corrected chi connectivity index (χ2v) is 3.61. The van der Waals surface area contributed by atoms with Gasteiger partial charge in [0.05, 0.1) is 0 Å². The first kappa shape index (κ1) is 14.7. The topological polar surface area (TPSA) is 15.3 Å². The molecule has 0 amide bonds. The lowest BCUT2D eigenvalue weighted by atomic mass is 10.0. The Kier molecular flexibility index (Phi) is 6.94. The van der Waals surface area contributed by atoms with Crippen LogP contribution in [0.2, 0.25) is 0 Å². The fourth-order valence-corrected chi connectivity index (χ4v) is 1.85. The second-order valence-electron chi connectivity index (χ2n) is 3.61. The van der Waals surface area contributed by atoms with E-state index >= 15 is 0 Å². The standard InChI is InChI=1S/C11H16N2.2ClH/c1-13-8-7-12-9-11(13)10-5-3-2-4-6-10;;/h2-6,11-12H,7-9H2,1H3;2*1H/t11-;;/m1../s1. The molecule has 1 fully saturated rings. The van der Waals surface area contributed by atoms with Crippen molar-refractivity contribution in [1.29, 1.82) is 0 Å². The zero-order chi connectivity index (χ0) is 9.10. The summed E-state index contributed by atoms with van der Waals surface area (Å²) in [6, 6.07) is 11.2. The highest BCUT2D eigenvalue weighted by atomic mass is 35.5. The number of halogens is 2. The zero-order valence-electron chi connectivity index (χ0n) is 8.85. The van der Waals surface area contributed by atoms with Crippen molar-refractivity contribution in [2.24, 2.45) is 0 Å². The quantitative estimate of drug-likeness (QED) is 0.820. The molecule has 2 rings (SSSR count). The lowest BCUT2D eigenvalue weighted by molar-refractivity contribution is 0.202. The molecule has 0 aromatic heterocycles. The third-order valence-electron chi connectivity index (χ3n) is 2.70. The minimum Gasteiger partial charge on any atom is -0.314 e. The van der Waals surface area contributed by atoms with E-state index < -0.39 is 0 Å². The Bertz CT molecular complexity index is 267. The van der Waals surface area contributed by atoms with Crippen LogP contribution in [0.3, 0.4) is 0 Å². The average molecular weight is 249 g/mol. The van der Waals surface area contributed by atoms with Crippen molar-refractivity contribution >= 4 is 24.8 Å². The van der Waals surface area contributed by atoms with Gasteiger partial charge in [-0.3, -0.25) is 4.90 Å². The summed E-state index contributed by atoms with van der Waals surface area (Å²) in [6.07, 6.45) is 0. The van der Waals surface area contributed by atoms with E-state index in [0.29, 0.717) is 6.04 Å². The molecule has 15 heavy (non-hydrogen) atoms. The highest BCUT2D eigenvalue weighted by Crippen LogP contribution is 2.19. The molecule has 4 heteroatoms. The van der Waals surface area contributed by atoms with Crippen LogP contribution < -0.4 is 5.32 Å². The SMILES string of the molecule is CN1CCNC[C@@H]1c1ccccc1.Cl.Cl. The van der Waals surface area contributed by atoms with Crippen molar-refractivity contribution < 1.29 is 0 Å². The average Bonchev–Trinajstić information content (AvgIpc) is 2.20. The third-order valence-corrected chi connectivity index (χ3v) is 2.70. The van der Waals surface area contributed by atoms with Crippen LogP contribution in [0, 0.1) is 0 Å². The monoisotopic (exact) mass is 248 g/mol. The van der Waals surface area contributed by atoms with Gasteiger partial charge >= 0.3 is 0 Å². The van der Waals surface area contributed by atoms with Gasteiger partial charge in [-0.05, 0) is 12.6 Å². The largest absolute Gasteiger partial charge is 0.314 e. The molecule has 1 aliphatic heterocycles. The molecule has 86 valence electrons. The molecular formula is C11H18Cl2N2. The predicted octanol–water partition coefficient (Wildman–Crippen LogP) is 2.11. The van der Waals surface area contributed by atoms with Gasteiger partial charge in [-0.1, -0.05) is 30.3 Å². The molecule has 1 aliphatic rings. The van der Waals surface area contributed by atoms with Gasteiger partial charge in [0.1, 0.15) is 0 Å². The first-order chi connectivity index (χ1) is 6.38. The number of rotatable bonds is 1. The lowest BCUT2D eigenvalue weighted by Crippen LogP contribution is -2.43. The highest BCUT2D eigenvalue weighted by molar-refractivity contribution is 5.85. The lowest BCUT2D eigenvalue weighted by Gasteiger charge is -2.33. The molecule has 1 aromatic rings. The smallest absolute Gasteiger partial charge is 0.0470 e. The number of benzene rings is 1. The minimum absolute atomic E-state index is 0. The van der Waals surface area contributed by atoms with Crippen LogP contribution in [-0.2, 0) is 0 Å². The Morgan fingerprint density at radius 3 is 2.47 bits per heavy atom. The summed E-state index contributed by atoms with van der Waals surface area (Å²) in [5.74, 6) is 0. The molecule has 1 N–H and O–H groups in total. The number of hydrogen-bond donors (Lipinski definition) is 1. The van der Waals surface area contributed by atoms with Gasteiger partial charge in [0.15, 0.2) is 0 Å². The van der Waals surface area contributed by atoms with Gasteiger partial charge in [-0.2, -0.15) is 0 Å². The van der Waals surface area contributed by atoms with Crippen molar-refractivity contribution in [3.63, 3.8) is 0 Å². The maximum Gasteiger partial charge on any atom is 0.0470 e. The molecule has 0 bridgehead atoms. The summed E-state index contributed by atoms with van der Waals surface area (Å²) < 4.78 is 0. The number of nitrogens with zero attached hydrogens (tertiary/aromatic N) is 1. The van der Waals surface area contributed by atoms with Crippen LogP contribution >= 0.6 is 24.8 Å². The molecule has 1 heterocycles. The van der Waals surface area contributed by atoms with Gasteiger partial charge in [0.2, 0.25) is 0 Å². The number of hydrogen-bond acceptors (Lipinski definition) is 2. The van der Waals surface area contributed by atoms with Crippen molar-refractivity contribution in [2.75, 3.05) is 26.7 Å². The van der Waals surface area contributed by atoms with Crippen LogP contribution in [0.25, 0.3) is 0 Å². The molecular weight excluding hydrogens is 231 g/mol. The van der Waals surface area contributed by atoms with Crippen molar-refractivity contribution in [3.8, 4) is 0 Å². The fourth-order valence-electron chi connectivity index (χ4n) is 1.85. The molecule has 1 atom stereocenters. The summed E-state index contributed by atoms with van der Waals surface area (Å²) in [6.45, 7) is 3.32. The molecule has 0 radical (unpaired) electrons. The molecule has 1 aromatic carbocycles. The molecule has 0 spiro atoms. The van der Waals surface area contributed by atoms with E-state index in [1.54, 1.807) is 0 Å². The Morgan fingerprint density at radius 2 is 1.87 bits per heavy atom. The van der Waals surface area contributed by atoms with Crippen LogP contribution in [0.5, 0.6) is 0 Å². The van der Waals surface area contributed by atoms with Gasteiger partial charge in [0, 0.05) is 25.7 Å². The van der Waals surface area contributed by atoms with Gasteiger partial charge < -0.3 is 5.32 Å². The molecule has 0 aliphatic carbocycles. The Labute approximate surface area is 104 Å². The third kappa shape index (κ3) is 3.65. The van der Waals surface area contributed by atoms with Crippen LogP contribution in [-0.4, -0.2) is 31.6 Å². The molecule has 0 unspecified atom stereocenters. The molecule has 0 saturated carbocycles. The van der Waals surface area contributed by atoms with E-state index in [0.717, 1.165) is 19.6 Å². The first-order valence-electron chi connectivity index (χ1n) is 4.84. The normalized spacial score (nSPS) is 21.3. The van der Waals surface area contributed by atoms with Crippen molar-refractivity contribution in [2.45, 2.75) is 6.04 Å². The number of likely N-dealkylation sites (N-methyl/N-ethyl adjacent to an activating group) is 1. The second kappa shape index (κ2) is 7.07. The summed E-state index contributed by atoms with van der Waals surface area (Å²) in [7, 11) is 2.19. The van der Waals surface area contributed by atoms with E-state index in [9.17, 15) is 0 Å². The first-order valence-corrected chi connectivity index (χ1v) is 4.84. The van der Waals surface area contributed by atoms with E-state index in [2.05, 4.69) is 47.6 Å². The molecule has 2 nitrogen and oxygen atoms in total. The molecule has 1 saturated heterocycles. The highest BCUT2D eigenvalue weighted by Gasteiger charge is 2.19. The fraction of sp³-hybridized carbons (Fsp3) is 0.455. The van der Waals surface area contributed by atoms with E-state index in [-0.39, 0.29) is 24.8 Å². The zero-order valence-corrected chi connectivity index (χ0v) is 10.5. The van der Waals surface area contributed by atoms with Gasteiger partial charge in [0.25, 0.3) is 0 Å². The number of piperazine rings is 1. The van der Waals surface area contributed by atoms with Crippen LogP contribution in [0.15, 0.2) is 30.3 Å². The number of nitrogens with one attached hydrogen (secondary N) is 1. The summed E-state index contributed by atoms with van der Waals surface area (Å²) in [5, 5.41) is 3.42. The maximum atomic E-state index is 3.42. The van der Waals surface area contributed by atoms with Crippen molar-refractivity contribution in [3.05, 3.63) is 35.9 Å². The van der Waals surface area contributed by atoms with Gasteiger partial charge in [-0.25, -0.2) is 0 Å².